The van der Waals surface area contributed by atoms with E-state index in [2.05, 4.69) is 5.32 Å². The molecule has 5 heteroatoms. The topological polar surface area (TPSA) is 90.2 Å². The number of nitrogens with one attached hydrogen (secondary N) is 1. The predicted molar refractivity (Wildman–Crippen MR) is 106 cm³/mol. The van der Waals surface area contributed by atoms with Crippen molar-refractivity contribution in [3.05, 3.63) is 95.6 Å². The van der Waals surface area contributed by atoms with Gasteiger partial charge in [0.25, 0.3) is 5.91 Å². The maximum absolute atomic E-state index is 12.5. The van der Waals surface area contributed by atoms with Gasteiger partial charge in [0.1, 0.15) is 6.04 Å². The average Bonchev–Trinajstić information content (AvgIpc) is 2.74. The first-order valence-electron chi connectivity index (χ1n) is 8.75. The molecule has 0 saturated heterocycles. The minimum Gasteiger partial charge on any atom is -0.480 e. The molecular weight excluding hydrogens is 352 g/mol. The van der Waals surface area contributed by atoms with E-state index in [0.29, 0.717) is 16.7 Å². The van der Waals surface area contributed by atoms with E-state index in [1.54, 1.807) is 36.4 Å². The van der Waals surface area contributed by atoms with Crippen LogP contribution in [0.4, 0.5) is 0 Å². The first-order chi connectivity index (χ1) is 13.6. The van der Waals surface area contributed by atoms with Crippen LogP contribution in [0.3, 0.4) is 0 Å². The number of hydrogen-bond donors (Lipinski definition) is 2. The van der Waals surface area contributed by atoms with Crippen molar-refractivity contribution in [1.82, 2.24) is 5.32 Å². The second-order valence-electron chi connectivity index (χ2n) is 6.32. The highest BCUT2D eigenvalue weighted by molar-refractivity contribution is 5.97. The third-order valence-corrected chi connectivity index (χ3v) is 4.35. The quantitative estimate of drug-likeness (QED) is 0.693. The van der Waals surface area contributed by atoms with Crippen molar-refractivity contribution in [3.63, 3.8) is 0 Å². The highest BCUT2D eigenvalue weighted by Gasteiger charge is 2.21. The zero-order chi connectivity index (χ0) is 19.9. The van der Waals surface area contributed by atoms with Gasteiger partial charge in [0, 0.05) is 12.0 Å². The number of carbonyl (C=O) groups is 2. The SMILES string of the molecule is N#Cc1cccc(C[C@H](NC(=O)c2ccc(-c3ccccc3)cc2)C(=O)O)c1. The third kappa shape index (κ3) is 4.63. The Bertz CT molecular complexity index is 1020. The summed E-state index contributed by atoms with van der Waals surface area (Å²) >= 11 is 0. The number of rotatable bonds is 6. The predicted octanol–water partition coefficient (Wildman–Crippen LogP) is 3.65. The van der Waals surface area contributed by atoms with Crippen molar-refractivity contribution in [1.29, 1.82) is 5.26 Å². The van der Waals surface area contributed by atoms with Gasteiger partial charge in [0.2, 0.25) is 0 Å². The molecule has 5 nitrogen and oxygen atoms in total. The number of hydrogen-bond acceptors (Lipinski definition) is 3. The van der Waals surface area contributed by atoms with Crippen molar-refractivity contribution in [2.24, 2.45) is 0 Å². The van der Waals surface area contributed by atoms with E-state index in [9.17, 15) is 14.7 Å². The Balaban J connectivity index is 1.72. The average molecular weight is 370 g/mol. The van der Waals surface area contributed by atoms with E-state index in [0.717, 1.165) is 11.1 Å². The number of nitrogens with zero attached hydrogens (tertiary/aromatic N) is 1. The van der Waals surface area contributed by atoms with Gasteiger partial charge in [-0.1, -0.05) is 54.6 Å². The highest BCUT2D eigenvalue weighted by atomic mass is 16.4. The van der Waals surface area contributed by atoms with Crippen molar-refractivity contribution >= 4 is 11.9 Å². The van der Waals surface area contributed by atoms with Crippen LogP contribution in [0.2, 0.25) is 0 Å². The van der Waals surface area contributed by atoms with Crippen molar-refractivity contribution < 1.29 is 14.7 Å². The molecule has 2 N–H and O–H groups in total. The lowest BCUT2D eigenvalue weighted by atomic mass is 10.0. The zero-order valence-corrected chi connectivity index (χ0v) is 15.0. The Morgan fingerprint density at radius 2 is 1.61 bits per heavy atom. The summed E-state index contributed by atoms with van der Waals surface area (Å²) in [6.07, 6.45) is 0.0959. The van der Waals surface area contributed by atoms with Crippen LogP contribution in [0.5, 0.6) is 0 Å². The molecule has 3 aromatic carbocycles. The Morgan fingerprint density at radius 3 is 2.25 bits per heavy atom. The number of carbonyl (C=O) groups excluding carboxylic acids is 1. The van der Waals surface area contributed by atoms with Gasteiger partial charge >= 0.3 is 5.97 Å². The number of amides is 1. The summed E-state index contributed by atoms with van der Waals surface area (Å²) < 4.78 is 0. The molecule has 0 aliphatic heterocycles. The lowest BCUT2D eigenvalue weighted by Crippen LogP contribution is -2.42. The lowest BCUT2D eigenvalue weighted by molar-refractivity contribution is -0.139. The molecule has 0 aliphatic carbocycles. The Labute approximate surface area is 162 Å². The van der Waals surface area contributed by atoms with E-state index in [4.69, 9.17) is 5.26 Å². The van der Waals surface area contributed by atoms with E-state index in [-0.39, 0.29) is 6.42 Å². The number of nitriles is 1. The Hall–Kier alpha value is -3.91. The van der Waals surface area contributed by atoms with Gasteiger partial charge in [-0.05, 0) is 41.0 Å². The van der Waals surface area contributed by atoms with E-state index >= 15 is 0 Å². The van der Waals surface area contributed by atoms with Crippen LogP contribution in [-0.2, 0) is 11.2 Å². The second kappa shape index (κ2) is 8.65. The molecule has 138 valence electrons. The minimum absolute atomic E-state index is 0.0959. The van der Waals surface area contributed by atoms with Gasteiger partial charge in [0.05, 0.1) is 11.6 Å². The molecule has 0 heterocycles. The summed E-state index contributed by atoms with van der Waals surface area (Å²) in [7, 11) is 0. The summed E-state index contributed by atoms with van der Waals surface area (Å²) in [5.41, 5.74) is 3.52. The smallest absolute Gasteiger partial charge is 0.326 e. The van der Waals surface area contributed by atoms with Crippen molar-refractivity contribution in [3.8, 4) is 17.2 Å². The normalized spacial score (nSPS) is 11.2. The van der Waals surface area contributed by atoms with Crippen molar-refractivity contribution in [2.45, 2.75) is 12.5 Å². The summed E-state index contributed by atoms with van der Waals surface area (Å²) in [6, 6.07) is 24.4. The van der Waals surface area contributed by atoms with Crippen molar-refractivity contribution in [2.75, 3.05) is 0 Å². The van der Waals surface area contributed by atoms with Gasteiger partial charge in [0.15, 0.2) is 0 Å². The molecule has 3 rings (SSSR count). The highest BCUT2D eigenvalue weighted by Crippen LogP contribution is 2.19. The standard InChI is InChI=1S/C23H18N2O3/c24-15-17-6-4-5-16(13-17)14-21(23(27)28)25-22(26)20-11-9-19(10-12-20)18-7-2-1-3-8-18/h1-13,21H,14H2,(H,25,26)(H,27,28)/t21-/m0/s1. The molecule has 1 amide bonds. The second-order valence-corrected chi connectivity index (χ2v) is 6.32. The number of benzene rings is 3. The van der Waals surface area contributed by atoms with Gasteiger partial charge in [-0.15, -0.1) is 0 Å². The number of carboxylic acids is 1. The first kappa shape index (κ1) is 18.9. The van der Waals surface area contributed by atoms with E-state index < -0.39 is 17.9 Å². The molecule has 0 spiro atoms. The molecule has 0 unspecified atom stereocenters. The van der Waals surface area contributed by atoms with Gasteiger partial charge in [-0.25, -0.2) is 4.79 Å². The molecule has 0 fully saturated rings. The monoisotopic (exact) mass is 370 g/mol. The molecule has 0 aromatic heterocycles. The fraction of sp³-hybridized carbons (Fsp3) is 0.0870. The summed E-state index contributed by atoms with van der Waals surface area (Å²) in [4.78, 5) is 24.1. The first-order valence-corrected chi connectivity index (χ1v) is 8.75. The van der Waals surface area contributed by atoms with Crippen LogP contribution in [0.15, 0.2) is 78.9 Å². The molecule has 0 aliphatic rings. The third-order valence-electron chi connectivity index (χ3n) is 4.35. The van der Waals surface area contributed by atoms with Crippen LogP contribution < -0.4 is 5.32 Å². The molecule has 0 radical (unpaired) electrons. The molecule has 0 saturated carbocycles. The molecule has 1 atom stereocenters. The van der Waals surface area contributed by atoms with E-state index in [1.807, 2.05) is 48.5 Å². The maximum Gasteiger partial charge on any atom is 0.326 e. The zero-order valence-electron chi connectivity index (χ0n) is 15.0. The summed E-state index contributed by atoms with van der Waals surface area (Å²) in [5, 5.41) is 21.0. The lowest BCUT2D eigenvalue weighted by Gasteiger charge is -2.15. The van der Waals surface area contributed by atoms with E-state index in [1.165, 1.54) is 0 Å². The minimum atomic E-state index is -1.13. The van der Waals surface area contributed by atoms with Gasteiger partial charge < -0.3 is 10.4 Å². The molecular formula is C23H18N2O3. The van der Waals surface area contributed by atoms with Crippen LogP contribution in [0.25, 0.3) is 11.1 Å². The number of carboxylic acid groups (broad SMARTS) is 1. The van der Waals surface area contributed by atoms with Crippen LogP contribution in [0.1, 0.15) is 21.5 Å². The molecule has 3 aromatic rings. The van der Waals surface area contributed by atoms with Gasteiger partial charge in [-0.2, -0.15) is 5.26 Å². The summed E-state index contributed by atoms with van der Waals surface area (Å²) in [5.74, 6) is -1.58. The van der Waals surface area contributed by atoms with Gasteiger partial charge in [-0.3, -0.25) is 4.79 Å². The number of aliphatic carboxylic acids is 1. The van der Waals surface area contributed by atoms with Crippen LogP contribution in [0, 0.1) is 11.3 Å². The Morgan fingerprint density at radius 1 is 0.929 bits per heavy atom. The van der Waals surface area contributed by atoms with Crippen LogP contribution in [-0.4, -0.2) is 23.0 Å². The molecule has 28 heavy (non-hydrogen) atoms. The fourth-order valence-corrected chi connectivity index (χ4v) is 2.89. The maximum atomic E-state index is 12.5. The fourth-order valence-electron chi connectivity index (χ4n) is 2.89. The summed E-state index contributed by atoms with van der Waals surface area (Å²) in [6.45, 7) is 0. The molecule has 0 bridgehead atoms. The van der Waals surface area contributed by atoms with Crippen LogP contribution >= 0.6 is 0 Å². The largest absolute Gasteiger partial charge is 0.480 e. The Kier molecular flexibility index (Phi) is 5.83.